The summed E-state index contributed by atoms with van der Waals surface area (Å²) in [6.45, 7) is 10.8. The van der Waals surface area contributed by atoms with Gasteiger partial charge >= 0.3 is 0 Å². The molecule has 0 aliphatic carbocycles. The van der Waals surface area contributed by atoms with Gasteiger partial charge in [0.2, 0.25) is 0 Å². The smallest absolute Gasteiger partial charge is 0.193 e. The second kappa shape index (κ2) is 11.4. The molecule has 1 aromatic rings. The molecule has 0 bridgehead atoms. The molecule has 0 atom stereocenters. The number of benzene rings is 1. The number of nitrogens with zero attached hydrogens (tertiary/aromatic N) is 2. The molecule has 0 fully saturated rings. The van der Waals surface area contributed by atoms with Gasteiger partial charge in [0.1, 0.15) is 0 Å². The zero-order chi connectivity index (χ0) is 17.8. The highest BCUT2D eigenvalue weighted by Crippen LogP contribution is 2.28. The highest BCUT2D eigenvalue weighted by Gasteiger charge is 2.07. The predicted molar refractivity (Wildman–Crippen MR) is 101 cm³/mol. The van der Waals surface area contributed by atoms with E-state index in [4.69, 9.17) is 14.5 Å². The largest absolute Gasteiger partial charge is 0.493 e. The molecule has 0 unspecified atom stereocenters. The van der Waals surface area contributed by atoms with E-state index in [0.717, 1.165) is 49.0 Å². The summed E-state index contributed by atoms with van der Waals surface area (Å²) < 4.78 is 10.9. The van der Waals surface area contributed by atoms with Crippen molar-refractivity contribution in [3.8, 4) is 11.5 Å². The van der Waals surface area contributed by atoms with Crippen LogP contribution in [0.4, 0.5) is 0 Å². The predicted octanol–water partition coefficient (Wildman–Crippen LogP) is 3.46. The molecule has 0 aromatic heterocycles. The molecular formula is C19H31N3O2. The molecule has 0 spiro atoms. The molecule has 1 aromatic carbocycles. The van der Waals surface area contributed by atoms with E-state index in [1.54, 1.807) is 7.11 Å². The summed E-state index contributed by atoms with van der Waals surface area (Å²) in [6, 6.07) is 5.94. The molecule has 1 N–H and O–H groups in total. The third-order valence-electron chi connectivity index (χ3n) is 3.54. The number of methoxy groups -OCH3 is 1. The Morgan fingerprint density at radius 3 is 2.75 bits per heavy atom. The molecular weight excluding hydrogens is 302 g/mol. The molecule has 0 saturated heterocycles. The number of hydrogen-bond acceptors (Lipinski definition) is 3. The van der Waals surface area contributed by atoms with E-state index in [-0.39, 0.29) is 0 Å². The van der Waals surface area contributed by atoms with Crippen LogP contribution in [0.15, 0.2) is 35.8 Å². The zero-order valence-electron chi connectivity index (χ0n) is 15.5. The van der Waals surface area contributed by atoms with Crippen molar-refractivity contribution >= 4 is 5.96 Å². The Morgan fingerprint density at radius 1 is 1.33 bits per heavy atom. The van der Waals surface area contributed by atoms with Crippen molar-refractivity contribution in [1.29, 1.82) is 0 Å². The molecule has 5 nitrogen and oxygen atoms in total. The number of allylic oxidation sites excluding steroid dienone is 1. The lowest BCUT2D eigenvalue weighted by atomic mass is 10.2. The van der Waals surface area contributed by atoms with Gasteiger partial charge in [0.25, 0.3) is 0 Å². The van der Waals surface area contributed by atoms with Gasteiger partial charge in [-0.15, -0.1) is 6.58 Å². The Labute approximate surface area is 146 Å². The van der Waals surface area contributed by atoms with E-state index >= 15 is 0 Å². The summed E-state index contributed by atoms with van der Waals surface area (Å²) in [6.07, 6.45) is 4.03. The van der Waals surface area contributed by atoms with Gasteiger partial charge < -0.3 is 19.7 Å². The fourth-order valence-electron chi connectivity index (χ4n) is 2.30. The van der Waals surface area contributed by atoms with Crippen molar-refractivity contribution in [2.24, 2.45) is 4.99 Å². The van der Waals surface area contributed by atoms with E-state index in [0.29, 0.717) is 13.2 Å². The monoisotopic (exact) mass is 333 g/mol. The van der Waals surface area contributed by atoms with Crippen LogP contribution in [-0.2, 0) is 6.54 Å². The van der Waals surface area contributed by atoms with Crippen LogP contribution >= 0.6 is 0 Å². The minimum absolute atomic E-state index is 0.595. The molecule has 0 heterocycles. The maximum atomic E-state index is 5.63. The van der Waals surface area contributed by atoms with Crippen molar-refractivity contribution < 1.29 is 9.47 Å². The lowest BCUT2D eigenvalue weighted by molar-refractivity contribution is 0.310. The van der Waals surface area contributed by atoms with Gasteiger partial charge in [-0.05, 0) is 44.4 Å². The van der Waals surface area contributed by atoms with Crippen LogP contribution in [-0.4, -0.2) is 44.7 Å². The first kappa shape index (κ1) is 19.9. The standard InChI is InChI=1S/C19H31N3O2/c1-6-9-10-13-22(4)19(20-7-2)21-15-16-11-12-17(23-5)18(14-16)24-8-3/h6,11-12,14H,1,7-10,13,15H2,2-5H3,(H,20,21). The summed E-state index contributed by atoms with van der Waals surface area (Å²) in [5.74, 6) is 2.42. The number of unbranched alkanes of at least 4 members (excludes halogenated alkanes) is 1. The highest BCUT2D eigenvalue weighted by molar-refractivity contribution is 5.79. The van der Waals surface area contributed by atoms with Gasteiger partial charge in [-0.1, -0.05) is 12.1 Å². The molecule has 0 aliphatic heterocycles. The molecule has 0 aliphatic rings. The summed E-state index contributed by atoms with van der Waals surface area (Å²) >= 11 is 0. The van der Waals surface area contributed by atoms with E-state index in [1.807, 2.05) is 31.2 Å². The van der Waals surface area contributed by atoms with Crippen molar-refractivity contribution in [2.45, 2.75) is 33.2 Å². The fraction of sp³-hybridized carbons (Fsp3) is 0.526. The van der Waals surface area contributed by atoms with Crippen molar-refractivity contribution in [1.82, 2.24) is 10.2 Å². The van der Waals surface area contributed by atoms with Gasteiger partial charge in [-0.3, -0.25) is 0 Å². The van der Waals surface area contributed by atoms with Crippen LogP contribution in [0.5, 0.6) is 11.5 Å². The Balaban J connectivity index is 2.81. The van der Waals surface area contributed by atoms with E-state index < -0.39 is 0 Å². The first-order valence-corrected chi connectivity index (χ1v) is 8.56. The number of ether oxygens (including phenoxy) is 2. The van der Waals surface area contributed by atoms with Crippen LogP contribution in [0.3, 0.4) is 0 Å². The van der Waals surface area contributed by atoms with Gasteiger partial charge in [-0.25, -0.2) is 4.99 Å². The highest BCUT2D eigenvalue weighted by atomic mass is 16.5. The Bertz CT molecular complexity index is 529. The number of aliphatic imine (C=N–C) groups is 1. The molecule has 1 rings (SSSR count). The van der Waals surface area contributed by atoms with E-state index in [1.165, 1.54) is 0 Å². The quantitative estimate of drug-likeness (QED) is 0.308. The zero-order valence-corrected chi connectivity index (χ0v) is 15.5. The SMILES string of the molecule is C=CCCCN(C)C(=NCc1ccc(OC)c(OCC)c1)NCC. The second-order valence-corrected chi connectivity index (χ2v) is 5.44. The van der Waals surface area contributed by atoms with E-state index in [9.17, 15) is 0 Å². The topological polar surface area (TPSA) is 46.1 Å². The molecule has 5 heteroatoms. The third kappa shape index (κ3) is 6.52. The van der Waals surface area contributed by atoms with Crippen LogP contribution < -0.4 is 14.8 Å². The van der Waals surface area contributed by atoms with Crippen LogP contribution in [0.25, 0.3) is 0 Å². The van der Waals surface area contributed by atoms with E-state index in [2.05, 4.69) is 30.8 Å². The number of rotatable bonds is 10. The average molecular weight is 333 g/mol. The normalized spacial score (nSPS) is 11.1. The lowest BCUT2D eigenvalue weighted by Crippen LogP contribution is -2.39. The number of nitrogens with one attached hydrogen (secondary N) is 1. The van der Waals surface area contributed by atoms with Crippen LogP contribution in [0.1, 0.15) is 32.3 Å². The number of hydrogen-bond donors (Lipinski definition) is 1. The molecule has 0 saturated carbocycles. The molecule has 134 valence electrons. The van der Waals surface area contributed by atoms with Gasteiger partial charge in [0, 0.05) is 20.1 Å². The maximum Gasteiger partial charge on any atom is 0.193 e. The Hall–Kier alpha value is -2.17. The third-order valence-corrected chi connectivity index (χ3v) is 3.54. The van der Waals surface area contributed by atoms with Crippen molar-refractivity contribution in [3.63, 3.8) is 0 Å². The molecule has 0 amide bonds. The van der Waals surface area contributed by atoms with Crippen LogP contribution in [0, 0.1) is 0 Å². The second-order valence-electron chi connectivity index (χ2n) is 5.44. The average Bonchev–Trinajstić information content (AvgIpc) is 2.59. The molecule has 0 radical (unpaired) electrons. The van der Waals surface area contributed by atoms with Gasteiger partial charge in [-0.2, -0.15) is 0 Å². The number of guanidine groups is 1. The van der Waals surface area contributed by atoms with Crippen molar-refractivity contribution in [2.75, 3.05) is 33.9 Å². The van der Waals surface area contributed by atoms with Crippen LogP contribution in [0.2, 0.25) is 0 Å². The maximum absolute atomic E-state index is 5.63. The summed E-state index contributed by atoms with van der Waals surface area (Å²) in [4.78, 5) is 6.88. The Kier molecular flexibility index (Phi) is 9.42. The first-order chi connectivity index (χ1) is 11.7. The summed E-state index contributed by atoms with van der Waals surface area (Å²) in [5.41, 5.74) is 1.09. The first-order valence-electron chi connectivity index (χ1n) is 8.56. The van der Waals surface area contributed by atoms with Gasteiger partial charge in [0.05, 0.1) is 20.3 Å². The summed E-state index contributed by atoms with van der Waals surface area (Å²) in [7, 11) is 3.71. The molecule has 24 heavy (non-hydrogen) atoms. The van der Waals surface area contributed by atoms with Crippen molar-refractivity contribution in [3.05, 3.63) is 36.4 Å². The van der Waals surface area contributed by atoms with Gasteiger partial charge in [0.15, 0.2) is 17.5 Å². The lowest BCUT2D eigenvalue weighted by Gasteiger charge is -2.21. The minimum Gasteiger partial charge on any atom is -0.493 e. The minimum atomic E-state index is 0.595. The fourth-order valence-corrected chi connectivity index (χ4v) is 2.30. The summed E-state index contributed by atoms with van der Waals surface area (Å²) in [5, 5.41) is 3.34. The Morgan fingerprint density at radius 2 is 2.12 bits per heavy atom.